The van der Waals surface area contributed by atoms with Crippen molar-refractivity contribution >= 4 is 17.8 Å². The third-order valence-corrected chi connectivity index (χ3v) is 2.05. The lowest BCUT2D eigenvalue weighted by Gasteiger charge is -2.18. The van der Waals surface area contributed by atoms with E-state index in [2.05, 4.69) is 4.74 Å². The number of carbonyl (C=O) groups excluding carboxylic acids is 2. The molecule has 0 rings (SSSR count). The summed E-state index contributed by atoms with van der Waals surface area (Å²) in [5.41, 5.74) is 5.15. The Morgan fingerprint density at radius 3 is 2.20 bits per heavy atom. The fourth-order valence-corrected chi connectivity index (χ4v) is 0.873. The highest BCUT2D eigenvalue weighted by Crippen LogP contribution is 2.14. The SMILES string of the molecule is C[C@@H](O)[C@H](N)C(=O)OC[C@H](NC(=O)C(F)(F)F)C(=O)O. The molecule has 116 valence electrons. The monoisotopic (exact) mass is 302 g/mol. The van der Waals surface area contributed by atoms with Crippen LogP contribution in [0, 0.1) is 0 Å². The molecule has 0 fully saturated rings. The summed E-state index contributed by atoms with van der Waals surface area (Å²) < 4.78 is 40.1. The quantitative estimate of drug-likeness (QED) is 0.432. The molecule has 0 heterocycles. The van der Waals surface area contributed by atoms with Gasteiger partial charge in [0.15, 0.2) is 6.04 Å². The Bertz CT molecular complexity index is 384. The van der Waals surface area contributed by atoms with Gasteiger partial charge in [0.25, 0.3) is 0 Å². The molecule has 0 spiro atoms. The highest BCUT2D eigenvalue weighted by molar-refractivity contribution is 5.87. The van der Waals surface area contributed by atoms with Crippen LogP contribution in [0.4, 0.5) is 13.2 Å². The van der Waals surface area contributed by atoms with Gasteiger partial charge in [-0.15, -0.1) is 0 Å². The molecule has 0 aliphatic rings. The number of ether oxygens (including phenoxy) is 1. The van der Waals surface area contributed by atoms with Gasteiger partial charge in [0.1, 0.15) is 12.6 Å². The van der Waals surface area contributed by atoms with Crippen LogP contribution in [0.1, 0.15) is 6.92 Å². The number of aliphatic carboxylic acids is 1. The van der Waals surface area contributed by atoms with Crippen molar-refractivity contribution < 1.29 is 42.5 Å². The van der Waals surface area contributed by atoms with E-state index in [0.717, 1.165) is 12.2 Å². The molecule has 0 aromatic rings. The number of carbonyl (C=O) groups is 3. The van der Waals surface area contributed by atoms with Crippen molar-refractivity contribution in [2.24, 2.45) is 5.73 Å². The van der Waals surface area contributed by atoms with Crippen LogP contribution in [-0.2, 0) is 19.1 Å². The standard InChI is InChI=1S/C9H13F3N2O6/c1-3(15)5(13)7(18)20-2-4(6(16)17)14-8(19)9(10,11)12/h3-5,15H,2,13H2,1H3,(H,14,19)(H,16,17)/t3-,4+,5+/m1/s1. The number of alkyl halides is 3. The first kappa shape index (κ1) is 18.1. The van der Waals surface area contributed by atoms with Gasteiger partial charge in [-0.2, -0.15) is 13.2 Å². The Hall–Kier alpha value is -1.88. The van der Waals surface area contributed by atoms with Gasteiger partial charge in [0.05, 0.1) is 6.10 Å². The number of esters is 1. The molecular formula is C9H13F3N2O6. The van der Waals surface area contributed by atoms with Crippen molar-refractivity contribution in [3.05, 3.63) is 0 Å². The van der Waals surface area contributed by atoms with E-state index in [9.17, 15) is 27.6 Å². The Morgan fingerprint density at radius 2 is 1.85 bits per heavy atom. The van der Waals surface area contributed by atoms with E-state index >= 15 is 0 Å². The third-order valence-electron chi connectivity index (χ3n) is 2.05. The number of halogens is 3. The lowest BCUT2D eigenvalue weighted by atomic mass is 10.2. The van der Waals surface area contributed by atoms with Gasteiger partial charge in [0, 0.05) is 0 Å². The normalized spacial score (nSPS) is 15.9. The topological polar surface area (TPSA) is 139 Å². The van der Waals surface area contributed by atoms with Crippen LogP contribution in [0.2, 0.25) is 0 Å². The summed E-state index contributed by atoms with van der Waals surface area (Å²) in [6.45, 7) is 0.0996. The first-order valence-corrected chi connectivity index (χ1v) is 5.17. The summed E-state index contributed by atoms with van der Waals surface area (Å²) in [6.07, 6.45) is -6.57. The lowest BCUT2D eigenvalue weighted by molar-refractivity contribution is -0.176. The number of aliphatic hydroxyl groups excluding tert-OH is 1. The second kappa shape index (κ2) is 7.05. The number of amides is 1. The van der Waals surface area contributed by atoms with Crippen LogP contribution in [0.15, 0.2) is 0 Å². The summed E-state index contributed by atoms with van der Waals surface area (Å²) in [5, 5.41) is 18.7. The number of hydrogen-bond donors (Lipinski definition) is 4. The second-order valence-corrected chi connectivity index (χ2v) is 3.76. The maximum absolute atomic E-state index is 11.9. The molecule has 0 aliphatic heterocycles. The molecule has 8 nitrogen and oxygen atoms in total. The number of nitrogens with one attached hydrogen (secondary N) is 1. The van der Waals surface area contributed by atoms with Crippen molar-refractivity contribution in [1.29, 1.82) is 0 Å². The first-order chi connectivity index (χ1) is 8.96. The average Bonchev–Trinajstić information content (AvgIpc) is 2.30. The maximum atomic E-state index is 11.9. The first-order valence-electron chi connectivity index (χ1n) is 5.17. The van der Waals surface area contributed by atoms with E-state index < -0.39 is 48.8 Å². The van der Waals surface area contributed by atoms with E-state index in [4.69, 9.17) is 15.9 Å². The van der Waals surface area contributed by atoms with Gasteiger partial charge in [-0.05, 0) is 6.92 Å². The van der Waals surface area contributed by atoms with Gasteiger partial charge in [-0.1, -0.05) is 0 Å². The predicted molar refractivity (Wildman–Crippen MR) is 56.2 cm³/mol. The summed E-state index contributed by atoms with van der Waals surface area (Å²) in [5.74, 6) is -5.53. The summed E-state index contributed by atoms with van der Waals surface area (Å²) in [6, 6.07) is -3.57. The van der Waals surface area contributed by atoms with Crippen LogP contribution >= 0.6 is 0 Å². The number of hydrogen-bond acceptors (Lipinski definition) is 6. The summed E-state index contributed by atoms with van der Waals surface area (Å²) in [7, 11) is 0. The molecule has 0 radical (unpaired) electrons. The van der Waals surface area contributed by atoms with Crippen LogP contribution in [0.5, 0.6) is 0 Å². The predicted octanol–water partition coefficient (Wildman–Crippen LogP) is -1.63. The molecule has 0 aliphatic carbocycles. The molecule has 0 bridgehead atoms. The fraction of sp³-hybridized carbons (Fsp3) is 0.667. The molecule has 11 heteroatoms. The minimum atomic E-state index is -5.27. The molecular weight excluding hydrogens is 289 g/mol. The maximum Gasteiger partial charge on any atom is 0.471 e. The Labute approximate surface area is 110 Å². The molecule has 0 aromatic heterocycles. The van der Waals surface area contributed by atoms with Gasteiger partial charge in [-0.25, -0.2) is 4.79 Å². The Kier molecular flexibility index (Phi) is 6.39. The Morgan fingerprint density at radius 1 is 1.35 bits per heavy atom. The smallest absolute Gasteiger partial charge is 0.471 e. The number of carboxylic acids is 1. The highest BCUT2D eigenvalue weighted by atomic mass is 19.4. The third kappa shape index (κ3) is 5.84. The van der Waals surface area contributed by atoms with Gasteiger partial charge >= 0.3 is 24.0 Å². The molecule has 0 saturated heterocycles. The van der Waals surface area contributed by atoms with Crippen LogP contribution in [-0.4, -0.2) is 59.0 Å². The molecule has 20 heavy (non-hydrogen) atoms. The summed E-state index contributed by atoms with van der Waals surface area (Å²) in [4.78, 5) is 32.3. The van der Waals surface area contributed by atoms with Gasteiger partial charge < -0.3 is 26.0 Å². The highest BCUT2D eigenvalue weighted by Gasteiger charge is 2.41. The van der Waals surface area contributed by atoms with E-state index in [1.807, 2.05) is 0 Å². The van der Waals surface area contributed by atoms with E-state index in [-0.39, 0.29) is 0 Å². The molecule has 0 saturated carbocycles. The van der Waals surface area contributed by atoms with E-state index in [0.29, 0.717) is 0 Å². The van der Waals surface area contributed by atoms with Gasteiger partial charge in [0.2, 0.25) is 0 Å². The van der Waals surface area contributed by atoms with Gasteiger partial charge in [-0.3, -0.25) is 9.59 Å². The number of carboxylic acid groups (broad SMARTS) is 1. The largest absolute Gasteiger partial charge is 0.480 e. The number of aliphatic hydroxyl groups is 1. The second-order valence-electron chi connectivity index (χ2n) is 3.76. The van der Waals surface area contributed by atoms with Crippen LogP contribution < -0.4 is 11.1 Å². The van der Waals surface area contributed by atoms with Crippen molar-refractivity contribution in [1.82, 2.24) is 5.32 Å². The number of nitrogens with two attached hydrogens (primary N) is 1. The molecule has 3 atom stereocenters. The van der Waals surface area contributed by atoms with Crippen molar-refractivity contribution in [3.8, 4) is 0 Å². The Balaban J connectivity index is 4.55. The molecule has 1 amide bonds. The minimum absolute atomic E-state index is 1.06. The lowest BCUT2D eigenvalue weighted by Crippen LogP contribution is -2.50. The van der Waals surface area contributed by atoms with E-state index in [1.54, 1.807) is 0 Å². The van der Waals surface area contributed by atoms with E-state index in [1.165, 1.54) is 0 Å². The van der Waals surface area contributed by atoms with Crippen molar-refractivity contribution in [2.45, 2.75) is 31.3 Å². The zero-order valence-electron chi connectivity index (χ0n) is 10.2. The molecule has 0 aromatic carbocycles. The molecule has 5 N–H and O–H groups in total. The van der Waals surface area contributed by atoms with Crippen LogP contribution in [0.25, 0.3) is 0 Å². The van der Waals surface area contributed by atoms with Crippen LogP contribution in [0.3, 0.4) is 0 Å². The van der Waals surface area contributed by atoms with Crippen molar-refractivity contribution in [2.75, 3.05) is 6.61 Å². The summed E-state index contributed by atoms with van der Waals surface area (Å²) >= 11 is 0. The molecule has 0 unspecified atom stereocenters. The zero-order chi connectivity index (χ0) is 16.1. The van der Waals surface area contributed by atoms with Crippen molar-refractivity contribution in [3.63, 3.8) is 0 Å². The zero-order valence-corrected chi connectivity index (χ0v) is 10.2. The minimum Gasteiger partial charge on any atom is -0.480 e. The average molecular weight is 302 g/mol. The number of rotatable bonds is 6. The fourth-order valence-electron chi connectivity index (χ4n) is 0.873.